The van der Waals surface area contributed by atoms with Gasteiger partial charge in [0.15, 0.2) is 17.3 Å². The molecule has 1 aliphatic heterocycles. The third-order valence-electron chi connectivity index (χ3n) is 2.47. The van der Waals surface area contributed by atoms with Crippen molar-refractivity contribution in [3.05, 3.63) is 29.3 Å². The van der Waals surface area contributed by atoms with E-state index in [0.29, 0.717) is 4.88 Å². The van der Waals surface area contributed by atoms with Crippen molar-refractivity contribution in [3.63, 3.8) is 0 Å². The number of thiazole rings is 1. The number of carbonyl (C=O) groups is 1. The number of rotatable bonds is 2. The van der Waals surface area contributed by atoms with Gasteiger partial charge in [-0.25, -0.2) is 4.98 Å². The molecule has 0 saturated heterocycles. The molecule has 0 atom stereocenters. The van der Waals surface area contributed by atoms with Crippen LogP contribution in [0.25, 0.3) is 10.6 Å². The van der Waals surface area contributed by atoms with Crippen molar-refractivity contribution in [2.45, 2.75) is 6.92 Å². The number of nitrogens with zero attached hydrogens (tertiary/aromatic N) is 1. The third-order valence-corrected chi connectivity index (χ3v) is 3.62. The second-order valence-corrected chi connectivity index (χ2v) is 4.68. The smallest absolute Gasteiger partial charge is 0.231 e. The van der Waals surface area contributed by atoms with Crippen molar-refractivity contribution >= 4 is 17.1 Å². The SMILES string of the molecule is CC(=O)c1cnc(-c2ccc3c(c2)OCO3)s1. The highest BCUT2D eigenvalue weighted by Crippen LogP contribution is 2.36. The maximum absolute atomic E-state index is 11.2. The van der Waals surface area contributed by atoms with E-state index in [9.17, 15) is 4.79 Å². The average Bonchev–Trinajstić information content (AvgIpc) is 2.97. The summed E-state index contributed by atoms with van der Waals surface area (Å²) in [6, 6.07) is 5.65. The maximum atomic E-state index is 11.2. The van der Waals surface area contributed by atoms with Gasteiger partial charge in [-0.05, 0) is 18.2 Å². The minimum atomic E-state index is 0.0366. The molecule has 0 amide bonds. The van der Waals surface area contributed by atoms with E-state index in [1.807, 2.05) is 18.2 Å². The minimum Gasteiger partial charge on any atom is -0.454 e. The zero-order valence-electron chi connectivity index (χ0n) is 9.10. The first-order valence-corrected chi connectivity index (χ1v) is 5.92. The van der Waals surface area contributed by atoms with Gasteiger partial charge in [-0.1, -0.05) is 0 Å². The molecule has 86 valence electrons. The standard InChI is InChI=1S/C12H9NO3S/c1-7(14)11-5-13-12(17-11)8-2-3-9-10(4-8)16-6-15-9/h2-5H,6H2,1H3. The molecule has 0 fully saturated rings. The number of ether oxygens (including phenoxy) is 2. The molecule has 0 bridgehead atoms. The monoisotopic (exact) mass is 247 g/mol. The Labute approximate surface area is 102 Å². The Hall–Kier alpha value is -1.88. The second-order valence-electron chi connectivity index (χ2n) is 3.65. The van der Waals surface area contributed by atoms with Crippen LogP contribution >= 0.6 is 11.3 Å². The summed E-state index contributed by atoms with van der Waals surface area (Å²) in [5, 5.41) is 0.813. The van der Waals surface area contributed by atoms with Crippen LogP contribution in [0.5, 0.6) is 11.5 Å². The molecule has 0 unspecified atom stereocenters. The molecule has 3 rings (SSSR count). The summed E-state index contributed by atoms with van der Waals surface area (Å²) in [7, 11) is 0. The summed E-state index contributed by atoms with van der Waals surface area (Å²) in [5.41, 5.74) is 0.937. The van der Waals surface area contributed by atoms with Gasteiger partial charge in [0.2, 0.25) is 6.79 Å². The van der Waals surface area contributed by atoms with Crippen molar-refractivity contribution < 1.29 is 14.3 Å². The Morgan fingerprint density at radius 2 is 2.18 bits per heavy atom. The van der Waals surface area contributed by atoms with Crippen LogP contribution in [0, 0.1) is 0 Å². The fraction of sp³-hybridized carbons (Fsp3) is 0.167. The quantitative estimate of drug-likeness (QED) is 0.765. The Morgan fingerprint density at radius 3 is 2.94 bits per heavy atom. The van der Waals surface area contributed by atoms with Gasteiger partial charge in [0.25, 0.3) is 0 Å². The Balaban J connectivity index is 2.00. The average molecular weight is 247 g/mol. The van der Waals surface area contributed by atoms with Crippen LogP contribution in [0.1, 0.15) is 16.6 Å². The molecule has 17 heavy (non-hydrogen) atoms. The van der Waals surface area contributed by atoms with Crippen LogP contribution in [0.3, 0.4) is 0 Å². The van der Waals surface area contributed by atoms with E-state index in [1.54, 1.807) is 6.20 Å². The van der Waals surface area contributed by atoms with Crippen molar-refractivity contribution in [1.29, 1.82) is 0 Å². The van der Waals surface area contributed by atoms with E-state index in [0.717, 1.165) is 22.1 Å². The number of benzene rings is 1. The summed E-state index contributed by atoms with van der Waals surface area (Å²) in [5.74, 6) is 1.51. The number of carbonyl (C=O) groups excluding carboxylic acids is 1. The summed E-state index contributed by atoms with van der Waals surface area (Å²) in [6.45, 7) is 1.80. The predicted octanol–water partition coefficient (Wildman–Crippen LogP) is 2.74. The van der Waals surface area contributed by atoms with Gasteiger partial charge in [0.1, 0.15) is 5.01 Å². The highest BCUT2D eigenvalue weighted by Gasteiger charge is 2.15. The first kappa shape index (κ1) is 10.3. The Bertz CT molecular complexity index is 591. The largest absolute Gasteiger partial charge is 0.454 e. The molecule has 5 heteroatoms. The fourth-order valence-electron chi connectivity index (χ4n) is 1.60. The fourth-order valence-corrected chi connectivity index (χ4v) is 2.41. The highest BCUT2D eigenvalue weighted by atomic mass is 32.1. The van der Waals surface area contributed by atoms with Crippen LogP contribution in [0.2, 0.25) is 0 Å². The molecular formula is C12H9NO3S. The molecule has 0 saturated carbocycles. The molecule has 2 aromatic rings. The third kappa shape index (κ3) is 1.78. The summed E-state index contributed by atoms with van der Waals surface area (Å²) < 4.78 is 10.5. The van der Waals surface area contributed by atoms with Crippen molar-refractivity contribution in [1.82, 2.24) is 4.98 Å². The molecule has 0 radical (unpaired) electrons. The van der Waals surface area contributed by atoms with Gasteiger partial charge in [-0.3, -0.25) is 4.79 Å². The van der Waals surface area contributed by atoms with Gasteiger partial charge in [-0.2, -0.15) is 0 Å². The van der Waals surface area contributed by atoms with Gasteiger partial charge < -0.3 is 9.47 Å². The molecule has 1 aromatic heterocycles. The molecule has 0 aliphatic carbocycles. The summed E-state index contributed by atoms with van der Waals surface area (Å²) in [4.78, 5) is 16.1. The van der Waals surface area contributed by atoms with E-state index in [2.05, 4.69) is 4.98 Å². The molecule has 1 aliphatic rings. The molecule has 4 nitrogen and oxygen atoms in total. The first-order chi connectivity index (χ1) is 8.24. The zero-order chi connectivity index (χ0) is 11.8. The van der Waals surface area contributed by atoms with Crippen LogP contribution < -0.4 is 9.47 Å². The van der Waals surface area contributed by atoms with Gasteiger partial charge >= 0.3 is 0 Å². The highest BCUT2D eigenvalue weighted by molar-refractivity contribution is 7.16. The van der Waals surface area contributed by atoms with E-state index in [-0.39, 0.29) is 12.6 Å². The molecule has 2 heterocycles. The van der Waals surface area contributed by atoms with Gasteiger partial charge in [0.05, 0.1) is 4.88 Å². The van der Waals surface area contributed by atoms with Crippen molar-refractivity contribution in [2.75, 3.05) is 6.79 Å². The normalized spacial score (nSPS) is 12.8. The number of hydrogen-bond donors (Lipinski definition) is 0. The van der Waals surface area contributed by atoms with Crippen LogP contribution in [0.4, 0.5) is 0 Å². The number of hydrogen-bond acceptors (Lipinski definition) is 5. The van der Waals surface area contributed by atoms with Gasteiger partial charge in [-0.15, -0.1) is 11.3 Å². The van der Waals surface area contributed by atoms with E-state index >= 15 is 0 Å². The first-order valence-electron chi connectivity index (χ1n) is 5.11. The van der Waals surface area contributed by atoms with Crippen molar-refractivity contribution in [3.8, 4) is 22.1 Å². The minimum absolute atomic E-state index is 0.0366. The lowest BCUT2D eigenvalue weighted by molar-refractivity contribution is 0.102. The van der Waals surface area contributed by atoms with Crippen molar-refractivity contribution in [2.24, 2.45) is 0 Å². The number of fused-ring (bicyclic) bond motifs is 1. The topological polar surface area (TPSA) is 48.4 Å². The van der Waals surface area contributed by atoms with E-state index in [1.165, 1.54) is 18.3 Å². The van der Waals surface area contributed by atoms with Crippen LogP contribution in [-0.4, -0.2) is 17.6 Å². The second kappa shape index (κ2) is 3.85. The predicted molar refractivity (Wildman–Crippen MR) is 63.7 cm³/mol. The number of aromatic nitrogens is 1. The van der Waals surface area contributed by atoms with Crippen LogP contribution in [0.15, 0.2) is 24.4 Å². The van der Waals surface area contributed by atoms with Crippen LogP contribution in [-0.2, 0) is 0 Å². The summed E-state index contributed by atoms with van der Waals surface area (Å²) in [6.07, 6.45) is 1.60. The lowest BCUT2D eigenvalue weighted by Crippen LogP contribution is -1.92. The summed E-state index contributed by atoms with van der Waals surface area (Å²) >= 11 is 1.38. The Morgan fingerprint density at radius 1 is 1.35 bits per heavy atom. The maximum Gasteiger partial charge on any atom is 0.231 e. The molecule has 0 N–H and O–H groups in total. The Kier molecular flexibility index (Phi) is 2.33. The van der Waals surface area contributed by atoms with Gasteiger partial charge in [0, 0.05) is 18.7 Å². The molecular weight excluding hydrogens is 238 g/mol. The molecule has 0 spiro atoms. The van der Waals surface area contributed by atoms with E-state index in [4.69, 9.17) is 9.47 Å². The number of Topliss-reactive ketones (excluding diaryl/α,β-unsaturated/α-hetero) is 1. The van der Waals surface area contributed by atoms with E-state index < -0.39 is 0 Å². The molecule has 1 aromatic carbocycles. The number of ketones is 1. The zero-order valence-corrected chi connectivity index (χ0v) is 9.91. The lowest BCUT2D eigenvalue weighted by atomic mass is 10.2. The lowest BCUT2D eigenvalue weighted by Gasteiger charge is -1.98.